The Bertz CT molecular complexity index is 652. The molecule has 2 heterocycles. The molecule has 0 radical (unpaired) electrons. The lowest BCUT2D eigenvalue weighted by Gasteiger charge is -2.26. The summed E-state index contributed by atoms with van der Waals surface area (Å²) >= 11 is 0. The zero-order chi connectivity index (χ0) is 16.2. The van der Waals surface area contributed by atoms with Gasteiger partial charge in [0, 0.05) is 32.1 Å². The summed E-state index contributed by atoms with van der Waals surface area (Å²) in [5.41, 5.74) is 1.49. The highest BCUT2D eigenvalue weighted by atomic mass is 16.5. The molecule has 0 spiro atoms. The molecule has 2 aromatic rings. The van der Waals surface area contributed by atoms with E-state index in [2.05, 4.69) is 18.9 Å². The van der Waals surface area contributed by atoms with Crippen LogP contribution in [0.4, 0.5) is 0 Å². The van der Waals surface area contributed by atoms with Crippen molar-refractivity contribution in [2.24, 2.45) is 5.92 Å². The normalized spacial score (nSPS) is 18.9. The molecule has 1 unspecified atom stereocenters. The Kier molecular flexibility index (Phi) is 4.76. The van der Waals surface area contributed by atoms with E-state index in [-0.39, 0.29) is 12.0 Å². The standard InChI is InChI=1S/C18H23N3O2/c1-14(2)17-13-20(10-6-12-23-17)18(22)15-7-3-4-8-16(15)21-11-5-9-19-21/h3-5,7-9,11,14,17H,6,10,12-13H2,1-2H3. The number of rotatable bonds is 3. The van der Waals surface area contributed by atoms with E-state index in [4.69, 9.17) is 4.74 Å². The molecule has 0 bridgehead atoms. The van der Waals surface area contributed by atoms with E-state index in [0.29, 0.717) is 24.6 Å². The predicted octanol–water partition coefficient (Wildman–Crippen LogP) is 2.76. The molecule has 0 saturated carbocycles. The van der Waals surface area contributed by atoms with E-state index < -0.39 is 0 Å². The van der Waals surface area contributed by atoms with Crippen LogP contribution in [0.5, 0.6) is 0 Å². The molecule has 5 nitrogen and oxygen atoms in total. The van der Waals surface area contributed by atoms with E-state index in [0.717, 1.165) is 18.7 Å². The van der Waals surface area contributed by atoms with Gasteiger partial charge in [0.1, 0.15) is 0 Å². The minimum absolute atomic E-state index is 0.0484. The molecule has 1 aliphatic rings. The van der Waals surface area contributed by atoms with Gasteiger partial charge in [-0.3, -0.25) is 4.79 Å². The Morgan fingerprint density at radius 3 is 2.87 bits per heavy atom. The first-order valence-electron chi connectivity index (χ1n) is 8.16. The van der Waals surface area contributed by atoms with Crippen molar-refractivity contribution in [3.05, 3.63) is 48.3 Å². The SMILES string of the molecule is CC(C)C1CN(C(=O)c2ccccc2-n2cccn2)CCCO1. The first-order chi connectivity index (χ1) is 11.2. The number of hydrogen-bond donors (Lipinski definition) is 0. The van der Waals surface area contributed by atoms with Gasteiger partial charge in [0.05, 0.1) is 17.4 Å². The molecule has 0 aliphatic carbocycles. The summed E-state index contributed by atoms with van der Waals surface area (Å²) in [4.78, 5) is 15.0. The van der Waals surface area contributed by atoms with Crippen molar-refractivity contribution in [1.29, 1.82) is 0 Å². The van der Waals surface area contributed by atoms with E-state index in [1.807, 2.05) is 41.4 Å². The number of carbonyl (C=O) groups excluding carboxylic acids is 1. The van der Waals surface area contributed by atoms with Crippen molar-refractivity contribution in [2.45, 2.75) is 26.4 Å². The fourth-order valence-corrected chi connectivity index (χ4v) is 2.87. The average molecular weight is 313 g/mol. The van der Waals surface area contributed by atoms with E-state index in [9.17, 15) is 4.79 Å². The van der Waals surface area contributed by atoms with Crippen LogP contribution in [0.1, 0.15) is 30.6 Å². The minimum atomic E-state index is 0.0484. The second-order valence-corrected chi connectivity index (χ2v) is 6.23. The molecule has 0 N–H and O–H groups in total. The topological polar surface area (TPSA) is 47.4 Å². The third-order valence-electron chi connectivity index (χ3n) is 4.22. The van der Waals surface area contributed by atoms with Gasteiger partial charge >= 0.3 is 0 Å². The molecule has 1 aliphatic heterocycles. The lowest BCUT2D eigenvalue weighted by Crippen LogP contribution is -2.39. The number of carbonyl (C=O) groups is 1. The van der Waals surface area contributed by atoms with Crippen LogP contribution < -0.4 is 0 Å². The second-order valence-electron chi connectivity index (χ2n) is 6.23. The van der Waals surface area contributed by atoms with Crippen molar-refractivity contribution >= 4 is 5.91 Å². The van der Waals surface area contributed by atoms with E-state index >= 15 is 0 Å². The fourth-order valence-electron chi connectivity index (χ4n) is 2.87. The summed E-state index contributed by atoms with van der Waals surface area (Å²) in [6.45, 7) is 6.36. The number of nitrogens with zero attached hydrogens (tertiary/aromatic N) is 3. The zero-order valence-corrected chi connectivity index (χ0v) is 13.7. The molecule has 1 amide bonds. The van der Waals surface area contributed by atoms with Crippen LogP contribution in [0.3, 0.4) is 0 Å². The molecule has 1 aromatic carbocycles. The minimum Gasteiger partial charge on any atom is -0.376 e. The predicted molar refractivity (Wildman–Crippen MR) is 88.7 cm³/mol. The average Bonchev–Trinajstić information content (AvgIpc) is 2.98. The van der Waals surface area contributed by atoms with Gasteiger partial charge in [0.25, 0.3) is 5.91 Å². The quantitative estimate of drug-likeness (QED) is 0.875. The highest BCUT2D eigenvalue weighted by molar-refractivity contribution is 5.97. The van der Waals surface area contributed by atoms with Crippen LogP contribution in [0.2, 0.25) is 0 Å². The molecular weight excluding hydrogens is 290 g/mol. The summed E-state index contributed by atoms with van der Waals surface area (Å²) in [6.07, 6.45) is 4.54. The van der Waals surface area contributed by atoms with Crippen molar-refractivity contribution in [3.8, 4) is 5.69 Å². The number of benzene rings is 1. The Labute approximate surface area is 136 Å². The summed E-state index contributed by atoms with van der Waals surface area (Å²) in [5, 5.41) is 4.26. The van der Waals surface area contributed by atoms with Crippen molar-refractivity contribution in [2.75, 3.05) is 19.7 Å². The summed E-state index contributed by atoms with van der Waals surface area (Å²) < 4.78 is 7.61. The van der Waals surface area contributed by atoms with Gasteiger partial charge < -0.3 is 9.64 Å². The first kappa shape index (κ1) is 15.7. The highest BCUT2D eigenvalue weighted by Gasteiger charge is 2.26. The summed E-state index contributed by atoms with van der Waals surface area (Å²) in [5.74, 6) is 0.442. The van der Waals surface area contributed by atoms with Crippen molar-refractivity contribution < 1.29 is 9.53 Å². The van der Waals surface area contributed by atoms with Crippen LogP contribution in [0, 0.1) is 5.92 Å². The number of aromatic nitrogens is 2. The van der Waals surface area contributed by atoms with Crippen LogP contribution in [-0.4, -0.2) is 46.4 Å². The monoisotopic (exact) mass is 313 g/mol. The Hall–Kier alpha value is -2.14. The maximum Gasteiger partial charge on any atom is 0.256 e. The Morgan fingerprint density at radius 2 is 2.13 bits per heavy atom. The molecule has 122 valence electrons. The number of amides is 1. The van der Waals surface area contributed by atoms with Crippen LogP contribution >= 0.6 is 0 Å². The van der Waals surface area contributed by atoms with E-state index in [1.165, 1.54) is 0 Å². The van der Waals surface area contributed by atoms with Gasteiger partial charge in [-0.05, 0) is 30.5 Å². The lowest BCUT2D eigenvalue weighted by molar-refractivity contribution is 0.0222. The smallest absolute Gasteiger partial charge is 0.256 e. The van der Waals surface area contributed by atoms with Crippen LogP contribution in [-0.2, 0) is 4.74 Å². The van der Waals surface area contributed by atoms with Gasteiger partial charge in [-0.1, -0.05) is 26.0 Å². The third-order valence-corrected chi connectivity index (χ3v) is 4.22. The summed E-state index contributed by atoms with van der Waals surface area (Å²) in [7, 11) is 0. The number of para-hydroxylation sites is 1. The molecule has 5 heteroatoms. The Balaban J connectivity index is 1.88. The molecule has 1 fully saturated rings. The van der Waals surface area contributed by atoms with Crippen molar-refractivity contribution in [3.63, 3.8) is 0 Å². The van der Waals surface area contributed by atoms with Gasteiger partial charge in [-0.25, -0.2) is 4.68 Å². The molecule has 1 aromatic heterocycles. The molecule has 3 rings (SSSR count). The molecular formula is C18H23N3O2. The number of ether oxygens (including phenoxy) is 1. The second kappa shape index (κ2) is 6.96. The highest BCUT2D eigenvalue weighted by Crippen LogP contribution is 2.19. The van der Waals surface area contributed by atoms with E-state index in [1.54, 1.807) is 10.9 Å². The van der Waals surface area contributed by atoms with Gasteiger partial charge in [-0.2, -0.15) is 5.10 Å². The molecule has 1 saturated heterocycles. The van der Waals surface area contributed by atoms with Gasteiger partial charge in [0.15, 0.2) is 0 Å². The zero-order valence-electron chi connectivity index (χ0n) is 13.7. The fraction of sp³-hybridized carbons (Fsp3) is 0.444. The van der Waals surface area contributed by atoms with Crippen LogP contribution in [0.15, 0.2) is 42.7 Å². The molecule has 23 heavy (non-hydrogen) atoms. The third kappa shape index (κ3) is 3.45. The van der Waals surface area contributed by atoms with Gasteiger partial charge in [0.2, 0.25) is 0 Å². The van der Waals surface area contributed by atoms with Gasteiger partial charge in [-0.15, -0.1) is 0 Å². The molecule has 1 atom stereocenters. The van der Waals surface area contributed by atoms with Crippen molar-refractivity contribution in [1.82, 2.24) is 14.7 Å². The lowest BCUT2D eigenvalue weighted by atomic mass is 10.1. The maximum atomic E-state index is 13.1. The first-order valence-corrected chi connectivity index (χ1v) is 8.16. The Morgan fingerprint density at radius 1 is 1.30 bits per heavy atom. The maximum absolute atomic E-state index is 13.1. The largest absolute Gasteiger partial charge is 0.376 e. The summed E-state index contributed by atoms with van der Waals surface area (Å²) in [6, 6.07) is 9.48. The van der Waals surface area contributed by atoms with Crippen LogP contribution in [0.25, 0.3) is 5.69 Å². The number of hydrogen-bond acceptors (Lipinski definition) is 3.